The van der Waals surface area contributed by atoms with Gasteiger partial charge in [0.15, 0.2) is 5.82 Å². The second-order valence-corrected chi connectivity index (χ2v) is 6.80. The number of halogens is 4. The summed E-state index contributed by atoms with van der Waals surface area (Å²) in [7, 11) is 0. The average molecular weight is 408 g/mol. The molecule has 0 aliphatic heterocycles. The number of aromatic nitrogens is 2. The molecule has 0 aliphatic rings. The Morgan fingerprint density at radius 1 is 1.21 bits per heavy atom. The van der Waals surface area contributed by atoms with Crippen LogP contribution in [0.1, 0.15) is 40.1 Å². The summed E-state index contributed by atoms with van der Waals surface area (Å²) in [6, 6.07) is 11.4. The molecule has 0 fully saturated rings. The molecule has 0 saturated heterocycles. The molecule has 2 aromatic heterocycles. The van der Waals surface area contributed by atoms with Crippen molar-refractivity contribution in [2.24, 2.45) is 0 Å². The van der Waals surface area contributed by atoms with Crippen molar-refractivity contribution in [1.29, 1.82) is 0 Å². The summed E-state index contributed by atoms with van der Waals surface area (Å²) in [5, 5.41) is 2.67. The molecule has 0 spiro atoms. The molecule has 8 heteroatoms. The molecule has 1 N–H and O–H groups in total. The number of aryl methyl sites for hydroxylation is 1. The van der Waals surface area contributed by atoms with E-state index >= 15 is 0 Å². The third-order valence-corrected chi connectivity index (χ3v) is 4.56. The Hall–Kier alpha value is -2.80. The van der Waals surface area contributed by atoms with Gasteiger partial charge in [0, 0.05) is 12.4 Å². The molecule has 0 saturated carbocycles. The zero-order chi connectivity index (χ0) is 20.5. The van der Waals surface area contributed by atoms with Gasteiger partial charge in [-0.05, 0) is 37.6 Å². The van der Waals surface area contributed by atoms with E-state index in [1.54, 1.807) is 12.1 Å². The Morgan fingerprint density at radius 2 is 1.89 bits per heavy atom. The lowest BCUT2D eigenvalue weighted by Gasteiger charge is -2.16. The van der Waals surface area contributed by atoms with Crippen molar-refractivity contribution in [2.75, 3.05) is 0 Å². The van der Waals surface area contributed by atoms with Crippen LogP contribution in [0, 0.1) is 6.92 Å². The summed E-state index contributed by atoms with van der Waals surface area (Å²) in [4.78, 5) is 16.5. The molecule has 146 valence electrons. The summed E-state index contributed by atoms with van der Waals surface area (Å²) in [6.07, 6.45) is -2.33. The molecular weight excluding hydrogens is 391 g/mol. The van der Waals surface area contributed by atoms with Crippen LogP contribution in [0.2, 0.25) is 5.02 Å². The Kier molecular flexibility index (Phi) is 5.47. The van der Waals surface area contributed by atoms with E-state index in [-0.39, 0.29) is 22.6 Å². The highest BCUT2D eigenvalue weighted by molar-refractivity contribution is 6.32. The van der Waals surface area contributed by atoms with Crippen LogP contribution in [-0.4, -0.2) is 15.5 Å². The number of nitrogens with one attached hydrogen (secondary N) is 1. The van der Waals surface area contributed by atoms with Gasteiger partial charge in [-0.25, -0.2) is 4.98 Å². The molecule has 0 aliphatic carbocycles. The first-order valence-electron chi connectivity index (χ1n) is 8.44. The summed E-state index contributed by atoms with van der Waals surface area (Å²) >= 11 is 6.00. The van der Waals surface area contributed by atoms with Crippen molar-refractivity contribution >= 4 is 17.5 Å². The van der Waals surface area contributed by atoms with Crippen LogP contribution in [0.15, 0.2) is 54.9 Å². The Bertz CT molecular complexity index is 997. The lowest BCUT2D eigenvalue weighted by molar-refractivity contribution is -0.137. The standard InChI is InChI=1S/C20H17ClF3N3O/c1-12-5-7-14(8-6-12)13(2)26-19(28)17-4-3-9-27(17)18-16(21)10-15(11-25-18)20(22,23)24/h3-11,13H,1-2H3,(H,26,28)/t13-/m0/s1. The lowest BCUT2D eigenvalue weighted by atomic mass is 10.1. The number of carbonyl (C=O) groups excluding carboxylic acids is 1. The summed E-state index contributed by atoms with van der Waals surface area (Å²) in [5.41, 5.74) is 1.31. The van der Waals surface area contributed by atoms with Gasteiger partial charge in [0.1, 0.15) is 5.69 Å². The maximum Gasteiger partial charge on any atom is 0.417 e. The molecule has 2 heterocycles. The maximum absolute atomic E-state index is 12.8. The lowest BCUT2D eigenvalue weighted by Crippen LogP contribution is -2.28. The minimum atomic E-state index is -4.55. The van der Waals surface area contributed by atoms with Crippen LogP contribution >= 0.6 is 11.6 Å². The van der Waals surface area contributed by atoms with Gasteiger partial charge in [0.2, 0.25) is 0 Å². The fourth-order valence-electron chi connectivity index (χ4n) is 2.72. The number of hydrogen-bond acceptors (Lipinski definition) is 2. The quantitative estimate of drug-likeness (QED) is 0.634. The van der Waals surface area contributed by atoms with E-state index in [0.717, 1.165) is 17.2 Å². The number of hydrogen-bond donors (Lipinski definition) is 1. The Labute approximate surface area is 165 Å². The highest BCUT2D eigenvalue weighted by Gasteiger charge is 2.32. The van der Waals surface area contributed by atoms with Crippen molar-refractivity contribution in [3.8, 4) is 5.82 Å². The fraction of sp³-hybridized carbons (Fsp3) is 0.200. The minimum absolute atomic E-state index is 0.0489. The second kappa shape index (κ2) is 7.67. The summed E-state index contributed by atoms with van der Waals surface area (Å²) in [5.74, 6) is -0.344. The van der Waals surface area contributed by atoms with Crippen molar-refractivity contribution in [1.82, 2.24) is 14.9 Å². The number of pyridine rings is 1. The SMILES string of the molecule is Cc1ccc([C@H](C)NC(=O)c2cccn2-c2ncc(C(F)(F)F)cc2Cl)cc1. The van der Waals surface area contributed by atoms with E-state index in [9.17, 15) is 18.0 Å². The summed E-state index contributed by atoms with van der Waals surface area (Å²) in [6.45, 7) is 3.82. The van der Waals surface area contributed by atoms with Gasteiger partial charge in [-0.2, -0.15) is 13.2 Å². The molecular formula is C20H17ClF3N3O. The molecule has 28 heavy (non-hydrogen) atoms. The molecule has 3 aromatic rings. The van der Waals surface area contributed by atoms with E-state index in [0.29, 0.717) is 6.20 Å². The van der Waals surface area contributed by atoms with Crippen LogP contribution in [-0.2, 0) is 6.18 Å². The zero-order valence-corrected chi connectivity index (χ0v) is 15.8. The van der Waals surface area contributed by atoms with Crippen LogP contribution in [0.4, 0.5) is 13.2 Å². The van der Waals surface area contributed by atoms with Crippen LogP contribution < -0.4 is 5.32 Å². The topological polar surface area (TPSA) is 46.9 Å². The molecule has 1 atom stereocenters. The summed E-state index contributed by atoms with van der Waals surface area (Å²) < 4.78 is 39.8. The van der Waals surface area contributed by atoms with Crippen molar-refractivity contribution in [2.45, 2.75) is 26.1 Å². The predicted molar refractivity (Wildman–Crippen MR) is 101 cm³/mol. The highest BCUT2D eigenvalue weighted by atomic mass is 35.5. The zero-order valence-electron chi connectivity index (χ0n) is 15.1. The van der Waals surface area contributed by atoms with Crippen molar-refractivity contribution in [3.63, 3.8) is 0 Å². The van der Waals surface area contributed by atoms with Gasteiger partial charge >= 0.3 is 6.18 Å². The molecule has 0 unspecified atom stereocenters. The molecule has 1 amide bonds. The van der Waals surface area contributed by atoms with E-state index in [2.05, 4.69) is 10.3 Å². The van der Waals surface area contributed by atoms with Gasteiger partial charge < -0.3 is 5.32 Å². The predicted octanol–water partition coefficient (Wildman–Crippen LogP) is 5.34. The number of alkyl halides is 3. The molecule has 4 nitrogen and oxygen atoms in total. The fourth-order valence-corrected chi connectivity index (χ4v) is 2.98. The Balaban J connectivity index is 1.85. The van der Waals surface area contributed by atoms with Crippen molar-refractivity contribution in [3.05, 3.63) is 82.3 Å². The first-order chi connectivity index (χ1) is 13.2. The van der Waals surface area contributed by atoms with Gasteiger partial charge in [0.05, 0.1) is 16.6 Å². The number of nitrogens with zero attached hydrogens (tertiary/aromatic N) is 2. The van der Waals surface area contributed by atoms with E-state index in [1.807, 2.05) is 38.1 Å². The average Bonchev–Trinajstić information content (AvgIpc) is 3.11. The maximum atomic E-state index is 12.8. The van der Waals surface area contributed by atoms with Crippen molar-refractivity contribution < 1.29 is 18.0 Å². The van der Waals surface area contributed by atoms with Crippen LogP contribution in [0.25, 0.3) is 5.82 Å². The smallest absolute Gasteiger partial charge is 0.344 e. The number of benzene rings is 1. The minimum Gasteiger partial charge on any atom is -0.344 e. The van der Waals surface area contributed by atoms with Crippen LogP contribution in [0.3, 0.4) is 0 Å². The van der Waals surface area contributed by atoms with E-state index < -0.39 is 17.6 Å². The molecule has 0 bridgehead atoms. The van der Waals surface area contributed by atoms with Gasteiger partial charge in [-0.3, -0.25) is 9.36 Å². The third-order valence-electron chi connectivity index (χ3n) is 4.28. The normalized spacial score (nSPS) is 12.6. The largest absolute Gasteiger partial charge is 0.417 e. The number of amides is 1. The van der Waals surface area contributed by atoms with Gasteiger partial charge in [-0.1, -0.05) is 41.4 Å². The Morgan fingerprint density at radius 3 is 2.50 bits per heavy atom. The van der Waals surface area contributed by atoms with Gasteiger partial charge in [0.25, 0.3) is 5.91 Å². The van der Waals surface area contributed by atoms with Crippen LogP contribution in [0.5, 0.6) is 0 Å². The van der Waals surface area contributed by atoms with Gasteiger partial charge in [-0.15, -0.1) is 0 Å². The molecule has 3 rings (SSSR count). The monoisotopic (exact) mass is 407 g/mol. The molecule has 0 radical (unpaired) electrons. The van der Waals surface area contributed by atoms with E-state index in [4.69, 9.17) is 11.6 Å². The number of rotatable bonds is 4. The first kappa shape index (κ1) is 19.9. The third kappa shape index (κ3) is 4.20. The second-order valence-electron chi connectivity index (χ2n) is 6.40. The number of carbonyl (C=O) groups is 1. The highest BCUT2D eigenvalue weighted by Crippen LogP contribution is 2.32. The first-order valence-corrected chi connectivity index (χ1v) is 8.82. The molecule has 1 aromatic carbocycles. The van der Waals surface area contributed by atoms with E-state index in [1.165, 1.54) is 10.8 Å².